The molecule has 1 amide bonds. The number of aliphatic carboxylic acids is 1. The van der Waals surface area contributed by atoms with E-state index >= 15 is 0 Å². The Morgan fingerprint density at radius 3 is 2.37 bits per heavy atom. The number of hydrogen-bond donors (Lipinski definition) is 1. The standard InChI is InChI=1S/C24H25NO5/c1-2-13-29-16-24(22(26)27)11-12-25(15-24)23(28)30-14-21-19-9-5-3-7-17(19)18-8-4-6-10-20(18)21/h2-10,21H,1,11-16H2,(H,26,27). The minimum absolute atomic E-state index is 0.0240. The fraction of sp³-hybridized carbons (Fsp3) is 0.333. The Kier molecular flexibility index (Phi) is 5.59. The van der Waals surface area contributed by atoms with Gasteiger partial charge in [-0.05, 0) is 28.7 Å². The van der Waals surface area contributed by atoms with E-state index < -0.39 is 17.5 Å². The number of carbonyl (C=O) groups excluding carboxylic acids is 1. The fourth-order valence-corrected chi connectivity index (χ4v) is 4.41. The van der Waals surface area contributed by atoms with Crippen molar-refractivity contribution in [2.24, 2.45) is 5.41 Å². The number of rotatable bonds is 7. The van der Waals surface area contributed by atoms with Crippen molar-refractivity contribution in [3.05, 3.63) is 72.3 Å². The molecule has 6 heteroatoms. The molecule has 1 N–H and O–H groups in total. The lowest BCUT2D eigenvalue weighted by molar-refractivity contribution is -0.151. The molecule has 1 heterocycles. The van der Waals surface area contributed by atoms with Crippen molar-refractivity contribution in [2.45, 2.75) is 12.3 Å². The highest BCUT2D eigenvalue weighted by molar-refractivity contribution is 5.80. The number of carboxylic acid groups (broad SMARTS) is 1. The summed E-state index contributed by atoms with van der Waals surface area (Å²) in [6, 6.07) is 16.3. The molecule has 2 aromatic carbocycles. The van der Waals surface area contributed by atoms with Crippen LogP contribution in [0.3, 0.4) is 0 Å². The second kappa shape index (κ2) is 8.32. The molecule has 1 aliphatic carbocycles. The molecule has 0 bridgehead atoms. The molecule has 0 radical (unpaired) electrons. The number of nitrogens with zero attached hydrogens (tertiary/aromatic N) is 1. The normalized spacial score (nSPS) is 19.9. The number of ether oxygens (including phenoxy) is 2. The lowest BCUT2D eigenvalue weighted by Gasteiger charge is -2.24. The van der Waals surface area contributed by atoms with Crippen molar-refractivity contribution < 1.29 is 24.2 Å². The van der Waals surface area contributed by atoms with Gasteiger partial charge >= 0.3 is 12.1 Å². The van der Waals surface area contributed by atoms with Crippen molar-refractivity contribution in [1.29, 1.82) is 0 Å². The first-order chi connectivity index (χ1) is 14.6. The lowest BCUT2D eigenvalue weighted by Crippen LogP contribution is -2.40. The van der Waals surface area contributed by atoms with Crippen LogP contribution in [-0.2, 0) is 14.3 Å². The van der Waals surface area contributed by atoms with Crippen molar-refractivity contribution in [3.8, 4) is 11.1 Å². The van der Waals surface area contributed by atoms with Gasteiger partial charge < -0.3 is 19.5 Å². The SMILES string of the molecule is C=CCOCC1(C(=O)O)CCN(C(=O)OCC2c3ccccc3-c3ccccc32)C1. The smallest absolute Gasteiger partial charge is 0.409 e. The van der Waals surface area contributed by atoms with Gasteiger partial charge in [0.05, 0.1) is 13.2 Å². The van der Waals surface area contributed by atoms with E-state index in [0.29, 0.717) is 13.0 Å². The molecular formula is C24H25NO5. The summed E-state index contributed by atoms with van der Waals surface area (Å²) < 4.78 is 11.1. The van der Waals surface area contributed by atoms with Crippen molar-refractivity contribution in [1.82, 2.24) is 4.90 Å². The van der Waals surface area contributed by atoms with Gasteiger partial charge in [-0.2, -0.15) is 0 Å². The maximum absolute atomic E-state index is 12.7. The van der Waals surface area contributed by atoms with Crippen LogP contribution in [0.1, 0.15) is 23.5 Å². The van der Waals surface area contributed by atoms with Crippen molar-refractivity contribution in [3.63, 3.8) is 0 Å². The molecule has 1 aliphatic heterocycles. The third-order valence-corrected chi connectivity index (χ3v) is 6.02. The first-order valence-corrected chi connectivity index (χ1v) is 10.1. The Bertz CT molecular complexity index is 926. The molecule has 4 rings (SSSR count). The van der Waals surface area contributed by atoms with Crippen molar-refractivity contribution >= 4 is 12.1 Å². The summed E-state index contributed by atoms with van der Waals surface area (Å²) in [5.41, 5.74) is 3.52. The molecule has 2 aliphatic rings. The number of amides is 1. The predicted octanol–water partition coefficient (Wildman–Crippen LogP) is 3.91. The van der Waals surface area contributed by atoms with Gasteiger partial charge in [0.2, 0.25) is 0 Å². The molecule has 156 valence electrons. The third-order valence-electron chi connectivity index (χ3n) is 6.02. The molecule has 1 atom stereocenters. The molecule has 0 aromatic heterocycles. The molecule has 0 saturated carbocycles. The van der Waals surface area contributed by atoms with Crippen LogP contribution in [0, 0.1) is 5.41 Å². The first-order valence-electron chi connectivity index (χ1n) is 10.1. The van der Waals surface area contributed by atoms with E-state index in [0.717, 1.165) is 11.1 Å². The molecule has 0 spiro atoms. The fourth-order valence-electron chi connectivity index (χ4n) is 4.41. The van der Waals surface area contributed by atoms with Gasteiger partial charge in [0.25, 0.3) is 0 Å². The maximum Gasteiger partial charge on any atom is 0.409 e. The van der Waals surface area contributed by atoms with Gasteiger partial charge in [0.15, 0.2) is 0 Å². The zero-order chi connectivity index (χ0) is 21.1. The maximum atomic E-state index is 12.7. The summed E-state index contributed by atoms with van der Waals surface area (Å²) in [5, 5.41) is 9.70. The number of likely N-dealkylation sites (tertiary alicyclic amines) is 1. The highest BCUT2D eigenvalue weighted by Gasteiger charge is 2.47. The first kappa shape index (κ1) is 20.2. The van der Waals surface area contributed by atoms with Gasteiger partial charge in [0.1, 0.15) is 12.0 Å². The van der Waals surface area contributed by atoms with Gasteiger partial charge in [0, 0.05) is 19.0 Å². The summed E-state index contributed by atoms with van der Waals surface area (Å²) in [7, 11) is 0. The average Bonchev–Trinajstić information content (AvgIpc) is 3.33. The quantitative estimate of drug-likeness (QED) is 0.556. The summed E-state index contributed by atoms with van der Waals surface area (Å²) in [4.78, 5) is 26.0. The van der Waals surface area contributed by atoms with Gasteiger partial charge in [-0.1, -0.05) is 54.6 Å². The molecule has 30 heavy (non-hydrogen) atoms. The Morgan fingerprint density at radius 1 is 1.13 bits per heavy atom. The van der Waals surface area contributed by atoms with Crippen LogP contribution in [0.2, 0.25) is 0 Å². The molecule has 1 fully saturated rings. The van der Waals surface area contributed by atoms with E-state index in [9.17, 15) is 14.7 Å². The van der Waals surface area contributed by atoms with E-state index in [4.69, 9.17) is 9.47 Å². The topological polar surface area (TPSA) is 76.1 Å². The minimum atomic E-state index is -1.10. The highest BCUT2D eigenvalue weighted by Crippen LogP contribution is 2.44. The van der Waals surface area contributed by atoms with Crippen LogP contribution >= 0.6 is 0 Å². The molecule has 1 saturated heterocycles. The van der Waals surface area contributed by atoms with Crippen molar-refractivity contribution in [2.75, 3.05) is 32.9 Å². The summed E-state index contributed by atoms with van der Waals surface area (Å²) in [6.45, 7) is 4.53. The average molecular weight is 407 g/mol. The van der Waals surface area contributed by atoms with Crippen LogP contribution < -0.4 is 0 Å². The lowest BCUT2D eigenvalue weighted by atomic mass is 9.88. The summed E-state index contributed by atoms with van der Waals surface area (Å²) in [5.74, 6) is -0.982. The van der Waals surface area contributed by atoms with E-state index in [1.807, 2.05) is 24.3 Å². The number of benzene rings is 2. The molecule has 6 nitrogen and oxygen atoms in total. The zero-order valence-electron chi connectivity index (χ0n) is 16.8. The predicted molar refractivity (Wildman–Crippen MR) is 112 cm³/mol. The van der Waals surface area contributed by atoms with Crippen LogP contribution in [0.4, 0.5) is 4.79 Å². The van der Waals surface area contributed by atoms with Crippen LogP contribution in [-0.4, -0.2) is 55.0 Å². The third kappa shape index (κ3) is 3.59. The number of fused-ring (bicyclic) bond motifs is 3. The van der Waals surface area contributed by atoms with Gasteiger partial charge in [-0.3, -0.25) is 4.79 Å². The number of carboxylic acids is 1. The Hall–Kier alpha value is -3.12. The zero-order valence-corrected chi connectivity index (χ0v) is 16.8. The molecule has 2 aromatic rings. The molecular weight excluding hydrogens is 382 g/mol. The second-order valence-corrected chi connectivity index (χ2v) is 7.86. The van der Waals surface area contributed by atoms with Gasteiger partial charge in [-0.15, -0.1) is 6.58 Å². The number of carbonyl (C=O) groups is 2. The second-order valence-electron chi connectivity index (χ2n) is 7.86. The summed E-state index contributed by atoms with van der Waals surface area (Å²) in [6.07, 6.45) is 1.43. The van der Waals surface area contributed by atoms with E-state index in [1.165, 1.54) is 16.0 Å². The summed E-state index contributed by atoms with van der Waals surface area (Å²) >= 11 is 0. The van der Waals surface area contributed by atoms with Gasteiger partial charge in [-0.25, -0.2) is 4.79 Å². The Balaban J connectivity index is 1.43. The Morgan fingerprint density at radius 2 is 1.77 bits per heavy atom. The van der Waals surface area contributed by atoms with Crippen LogP contribution in [0.25, 0.3) is 11.1 Å². The highest BCUT2D eigenvalue weighted by atomic mass is 16.6. The largest absolute Gasteiger partial charge is 0.481 e. The monoisotopic (exact) mass is 407 g/mol. The number of hydrogen-bond acceptors (Lipinski definition) is 4. The van der Waals surface area contributed by atoms with Crippen LogP contribution in [0.15, 0.2) is 61.2 Å². The molecule has 1 unspecified atom stereocenters. The minimum Gasteiger partial charge on any atom is -0.481 e. The van der Waals surface area contributed by atoms with E-state index in [1.54, 1.807) is 6.08 Å². The van der Waals surface area contributed by atoms with E-state index in [2.05, 4.69) is 30.8 Å². The Labute approximate surface area is 175 Å². The van der Waals surface area contributed by atoms with Crippen LogP contribution in [0.5, 0.6) is 0 Å². The van der Waals surface area contributed by atoms with E-state index in [-0.39, 0.29) is 32.3 Å².